The van der Waals surface area contributed by atoms with Crippen LogP contribution in [0.4, 0.5) is 5.69 Å². The molecule has 2 heterocycles. The summed E-state index contributed by atoms with van der Waals surface area (Å²) in [6.07, 6.45) is 5.66. The Hall–Kier alpha value is -1.02. The number of hydrogen-bond donors (Lipinski definition) is 1. The number of anilines is 1. The zero-order valence-corrected chi connectivity index (χ0v) is 13.5. The van der Waals surface area contributed by atoms with Crippen LogP contribution < -0.4 is 5.32 Å². The molecule has 0 bridgehead atoms. The van der Waals surface area contributed by atoms with E-state index in [1.807, 2.05) is 0 Å². The highest BCUT2D eigenvalue weighted by atomic mass is 16.5. The second kappa shape index (κ2) is 4.74. The summed E-state index contributed by atoms with van der Waals surface area (Å²) in [5, 5.41) is 3.86. The number of ether oxygens (including phenoxy) is 1. The van der Waals surface area contributed by atoms with Crippen LogP contribution in [0, 0.1) is 11.8 Å². The van der Waals surface area contributed by atoms with Crippen LogP contribution in [-0.2, 0) is 10.2 Å². The van der Waals surface area contributed by atoms with Gasteiger partial charge in [-0.1, -0.05) is 32.9 Å². The van der Waals surface area contributed by atoms with Gasteiger partial charge in [-0.15, -0.1) is 0 Å². The van der Waals surface area contributed by atoms with Crippen molar-refractivity contribution in [2.75, 3.05) is 11.9 Å². The topological polar surface area (TPSA) is 21.3 Å². The molecule has 0 amide bonds. The smallest absolute Gasteiger partial charge is 0.0892 e. The lowest BCUT2D eigenvalue weighted by molar-refractivity contribution is -0.0400. The molecule has 2 heteroatoms. The standard InChI is InChI=1S/C19H27NO/c1-19(2,3)13-8-9-16-15(11-13)18-14(5-4-10-21-18)17(20-16)12-6-7-12/h8-9,11-12,14,17-18,20H,4-7,10H2,1-3H3/t14-,17-,18-/m0/s1. The van der Waals surface area contributed by atoms with E-state index in [0.29, 0.717) is 18.1 Å². The molecule has 1 aromatic rings. The van der Waals surface area contributed by atoms with E-state index in [1.165, 1.54) is 42.5 Å². The van der Waals surface area contributed by atoms with Gasteiger partial charge in [-0.3, -0.25) is 0 Å². The average molecular weight is 285 g/mol. The predicted octanol–water partition coefficient (Wildman–Crippen LogP) is 4.66. The van der Waals surface area contributed by atoms with Crippen molar-refractivity contribution >= 4 is 5.69 Å². The molecule has 3 aliphatic rings. The Morgan fingerprint density at radius 3 is 2.67 bits per heavy atom. The zero-order chi connectivity index (χ0) is 14.6. The highest BCUT2D eigenvalue weighted by Gasteiger charge is 2.45. The minimum absolute atomic E-state index is 0.201. The fourth-order valence-electron chi connectivity index (χ4n) is 4.10. The van der Waals surface area contributed by atoms with Crippen molar-refractivity contribution in [2.24, 2.45) is 11.8 Å². The predicted molar refractivity (Wildman–Crippen MR) is 86.7 cm³/mol. The van der Waals surface area contributed by atoms with E-state index >= 15 is 0 Å². The van der Waals surface area contributed by atoms with Crippen LogP contribution in [0.25, 0.3) is 0 Å². The van der Waals surface area contributed by atoms with E-state index in [1.54, 1.807) is 0 Å². The monoisotopic (exact) mass is 285 g/mol. The largest absolute Gasteiger partial charge is 0.381 e. The summed E-state index contributed by atoms with van der Waals surface area (Å²) in [4.78, 5) is 0. The van der Waals surface area contributed by atoms with Gasteiger partial charge in [0.15, 0.2) is 0 Å². The van der Waals surface area contributed by atoms with Crippen LogP contribution in [-0.4, -0.2) is 12.6 Å². The van der Waals surface area contributed by atoms with E-state index in [0.717, 1.165) is 12.5 Å². The minimum Gasteiger partial charge on any atom is -0.381 e. The van der Waals surface area contributed by atoms with E-state index in [9.17, 15) is 0 Å². The Morgan fingerprint density at radius 1 is 1.14 bits per heavy atom. The van der Waals surface area contributed by atoms with Gasteiger partial charge in [0.1, 0.15) is 0 Å². The van der Waals surface area contributed by atoms with Crippen molar-refractivity contribution < 1.29 is 4.74 Å². The molecule has 1 saturated heterocycles. The van der Waals surface area contributed by atoms with Crippen LogP contribution in [0.3, 0.4) is 0 Å². The summed E-state index contributed by atoms with van der Waals surface area (Å²) in [6.45, 7) is 7.79. The number of hydrogen-bond acceptors (Lipinski definition) is 2. The molecule has 1 aromatic carbocycles. The lowest BCUT2D eigenvalue weighted by Crippen LogP contribution is -2.42. The molecule has 4 rings (SSSR count). The highest BCUT2D eigenvalue weighted by molar-refractivity contribution is 5.58. The summed E-state index contributed by atoms with van der Waals surface area (Å²) < 4.78 is 6.24. The average Bonchev–Trinajstić information content (AvgIpc) is 3.29. The maximum absolute atomic E-state index is 6.24. The van der Waals surface area contributed by atoms with Crippen molar-refractivity contribution in [3.63, 3.8) is 0 Å². The zero-order valence-electron chi connectivity index (χ0n) is 13.5. The molecular weight excluding hydrogens is 258 g/mol. The van der Waals surface area contributed by atoms with Gasteiger partial charge in [-0.05, 0) is 48.6 Å². The fraction of sp³-hybridized carbons (Fsp3) is 0.684. The molecule has 2 nitrogen and oxygen atoms in total. The Labute approximate surface area is 128 Å². The SMILES string of the molecule is CC(C)(C)c1ccc2c(c1)[C@H]1OCCC[C@H]1[C@H](C1CC1)N2. The van der Waals surface area contributed by atoms with Gasteiger partial charge >= 0.3 is 0 Å². The van der Waals surface area contributed by atoms with Gasteiger partial charge in [0.05, 0.1) is 6.10 Å². The summed E-state index contributed by atoms with van der Waals surface area (Å²) in [6, 6.07) is 7.62. The maximum atomic E-state index is 6.24. The van der Waals surface area contributed by atoms with Crippen LogP contribution >= 0.6 is 0 Å². The van der Waals surface area contributed by atoms with Gasteiger partial charge in [0.2, 0.25) is 0 Å². The molecule has 1 N–H and O–H groups in total. The number of nitrogens with one attached hydrogen (secondary N) is 1. The van der Waals surface area contributed by atoms with Gasteiger partial charge in [0.25, 0.3) is 0 Å². The summed E-state index contributed by atoms with van der Waals surface area (Å²) in [5.41, 5.74) is 4.35. The number of rotatable bonds is 1. The van der Waals surface area contributed by atoms with E-state index in [-0.39, 0.29) is 5.41 Å². The first-order valence-corrected chi connectivity index (χ1v) is 8.56. The second-order valence-electron chi connectivity index (χ2n) is 8.16. The minimum atomic E-state index is 0.201. The maximum Gasteiger partial charge on any atom is 0.0892 e. The molecule has 1 aliphatic carbocycles. The molecule has 0 unspecified atom stereocenters. The van der Waals surface area contributed by atoms with Crippen LogP contribution in [0.1, 0.15) is 63.7 Å². The first-order chi connectivity index (χ1) is 10.0. The van der Waals surface area contributed by atoms with E-state index < -0.39 is 0 Å². The Kier molecular flexibility index (Phi) is 3.08. The normalized spacial score (nSPS) is 32.0. The Bertz CT molecular complexity index is 541. The lowest BCUT2D eigenvalue weighted by Gasteiger charge is -2.44. The molecule has 0 radical (unpaired) electrons. The van der Waals surface area contributed by atoms with Crippen molar-refractivity contribution in [1.29, 1.82) is 0 Å². The number of benzene rings is 1. The third-order valence-electron chi connectivity index (χ3n) is 5.51. The lowest BCUT2D eigenvalue weighted by atomic mass is 9.76. The van der Waals surface area contributed by atoms with Crippen molar-refractivity contribution in [1.82, 2.24) is 0 Å². The molecule has 0 spiro atoms. The highest BCUT2D eigenvalue weighted by Crippen LogP contribution is 2.50. The summed E-state index contributed by atoms with van der Waals surface area (Å²) in [7, 11) is 0. The summed E-state index contributed by atoms with van der Waals surface area (Å²) >= 11 is 0. The fourth-order valence-corrected chi connectivity index (χ4v) is 4.10. The third kappa shape index (κ3) is 2.38. The summed E-state index contributed by atoms with van der Waals surface area (Å²) in [5.74, 6) is 1.56. The molecular formula is C19H27NO. The van der Waals surface area contributed by atoms with Crippen LogP contribution in [0.5, 0.6) is 0 Å². The number of fused-ring (bicyclic) bond motifs is 3. The van der Waals surface area contributed by atoms with E-state index in [2.05, 4.69) is 44.3 Å². The molecule has 114 valence electrons. The second-order valence-corrected chi connectivity index (χ2v) is 8.16. The quantitative estimate of drug-likeness (QED) is 0.810. The first-order valence-electron chi connectivity index (χ1n) is 8.56. The van der Waals surface area contributed by atoms with Gasteiger partial charge in [0, 0.05) is 29.8 Å². The van der Waals surface area contributed by atoms with Gasteiger partial charge in [-0.25, -0.2) is 0 Å². The molecule has 3 atom stereocenters. The third-order valence-corrected chi connectivity index (χ3v) is 5.51. The molecule has 2 fully saturated rings. The molecule has 2 aliphatic heterocycles. The van der Waals surface area contributed by atoms with Crippen molar-refractivity contribution in [2.45, 2.75) is 64.0 Å². The van der Waals surface area contributed by atoms with Crippen molar-refractivity contribution in [3.05, 3.63) is 29.3 Å². The first kappa shape index (κ1) is 13.6. The van der Waals surface area contributed by atoms with Gasteiger partial charge in [-0.2, -0.15) is 0 Å². The molecule has 0 aromatic heterocycles. The Balaban J connectivity index is 1.74. The molecule has 21 heavy (non-hydrogen) atoms. The van der Waals surface area contributed by atoms with Crippen LogP contribution in [0.15, 0.2) is 18.2 Å². The van der Waals surface area contributed by atoms with Crippen molar-refractivity contribution in [3.8, 4) is 0 Å². The Morgan fingerprint density at radius 2 is 1.95 bits per heavy atom. The van der Waals surface area contributed by atoms with E-state index in [4.69, 9.17) is 4.74 Å². The van der Waals surface area contributed by atoms with Crippen LogP contribution in [0.2, 0.25) is 0 Å². The molecule has 1 saturated carbocycles. The van der Waals surface area contributed by atoms with Gasteiger partial charge < -0.3 is 10.1 Å².